The zero-order valence-electron chi connectivity index (χ0n) is 8.85. The zero-order chi connectivity index (χ0) is 13.3. The third-order valence-corrected chi connectivity index (χ3v) is 2.96. The Morgan fingerprint density at radius 3 is 2.61 bits per heavy atom. The number of halogens is 4. The number of nitrogens with zero attached hydrogens (tertiary/aromatic N) is 1. The molecule has 0 unspecified atom stereocenters. The molecule has 1 aromatic heterocycles. The summed E-state index contributed by atoms with van der Waals surface area (Å²) in [5, 5.41) is 3.04. The van der Waals surface area contributed by atoms with E-state index in [2.05, 4.69) is 26.2 Å². The van der Waals surface area contributed by atoms with Gasteiger partial charge in [0.15, 0.2) is 5.82 Å². The van der Waals surface area contributed by atoms with Crippen molar-refractivity contribution in [3.8, 4) is 0 Å². The standard InChI is InChI=1S/C11H7BrClF2N3/c12-6-2-10(8(15)3-7(6)14)18-11-9(16)1-5(13)4-17-11/h1-4H,16H2,(H,17,18). The molecule has 1 aromatic carbocycles. The molecule has 7 heteroatoms. The minimum absolute atomic E-state index is 0.0600. The predicted molar refractivity (Wildman–Crippen MR) is 71.0 cm³/mol. The summed E-state index contributed by atoms with van der Waals surface area (Å²) in [5.41, 5.74) is 6.00. The van der Waals surface area contributed by atoms with Crippen LogP contribution in [-0.2, 0) is 0 Å². The van der Waals surface area contributed by atoms with Crippen molar-refractivity contribution in [1.29, 1.82) is 0 Å². The Balaban J connectivity index is 2.37. The van der Waals surface area contributed by atoms with Crippen LogP contribution < -0.4 is 11.1 Å². The van der Waals surface area contributed by atoms with E-state index in [1.165, 1.54) is 18.3 Å². The second kappa shape index (κ2) is 5.07. The van der Waals surface area contributed by atoms with Gasteiger partial charge in [-0.25, -0.2) is 13.8 Å². The first-order chi connectivity index (χ1) is 8.47. The topological polar surface area (TPSA) is 50.9 Å². The maximum Gasteiger partial charge on any atom is 0.153 e. The Kier molecular flexibility index (Phi) is 3.68. The number of rotatable bonds is 2. The molecule has 3 N–H and O–H groups in total. The maximum absolute atomic E-state index is 13.5. The molecule has 0 aliphatic heterocycles. The molecule has 0 fully saturated rings. The number of aromatic nitrogens is 1. The monoisotopic (exact) mass is 333 g/mol. The number of anilines is 3. The van der Waals surface area contributed by atoms with Crippen LogP contribution in [0.15, 0.2) is 28.9 Å². The summed E-state index contributed by atoms with van der Waals surface area (Å²) in [7, 11) is 0. The molecule has 0 radical (unpaired) electrons. The second-order valence-electron chi connectivity index (χ2n) is 3.46. The minimum atomic E-state index is -0.744. The van der Waals surface area contributed by atoms with Crippen molar-refractivity contribution >= 4 is 44.7 Å². The number of nitrogens with one attached hydrogen (secondary N) is 1. The van der Waals surface area contributed by atoms with Gasteiger partial charge >= 0.3 is 0 Å². The van der Waals surface area contributed by atoms with Gasteiger partial charge in [0.25, 0.3) is 0 Å². The number of nitrogens with two attached hydrogens (primary N) is 1. The molecule has 0 saturated heterocycles. The SMILES string of the molecule is Nc1cc(Cl)cnc1Nc1cc(Br)c(F)cc1F. The Morgan fingerprint density at radius 2 is 1.94 bits per heavy atom. The quantitative estimate of drug-likeness (QED) is 0.813. The highest BCUT2D eigenvalue weighted by molar-refractivity contribution is 9.10. The lowest BCUT2D eigenvalue weighted by Crippen LogP contribution is -2.01. The predicted octanol–water partition coefficient (Wildman–Crippen LogP) is 4.10. The Bertz CT molecular complexity index is 607. The summed E-state index contributed by atoms with van der Waals surface area (Å²) in [6.07, 6.45) is 1.37. The first kappa shape index (κ1) is 13.0. The Morgan fingerprint density at radius 1 is 1.22 bits per heavy atom. The molecule has 0 atom stereocenters. The number of hydrogen-bond donors (Lipinski definition) is 2. The van der Waals surface area contributed by atoms with Gasteiger partial charge < -0.3 is 11.1 Å². The second-order valence-corrected chi connectivity index (χ2v) is 4.75. The van der Waals surface area contributed by atoms with Crippen LogP contribution in [0.25, 0.3) is 0 Å². The highest BCUT2D eigenvalue weighted by Crippen LogP contribution is 2.28. The van der Waals surface area contributed by atoms with Crippen molar-refractivity contribution in [2.75, 3.05) is 11.1 Å². The number of benzene rings is 1. The van der Waals surface area contributed by atoms with Crippen LogP contribution in [0, 0.1) is 11.6 Å². The van der Waals surface area contributed by atoms with Crippen molar-refractivity contribution in [1.82, 2.24) is 4.98 Å². The van der Waals surface area contributed by atoms with Gasteiger partial charge in [0, 0.05) is 12.3 Å². The fourth-order valence-corrected chi connectivity index (χ4v) is 1.82. The summed E-state index contributed by atoms with van der Waals surface area (Å²) in [6.45, 7) is 0. The first-order valence-corrected chi connectivity index (χ1v) is 5.97. The number of hydrogen-bond acceptors (Lipinski definition) is 3. The van der Waals surface area contributed by atoms with Crippen LogP contribution >= 0.6 is 27.5 Å². The fourth-order valence-electron chi connectivity index (χ4n) is 1.31. The van der Waals surface area contributed by atoms with Gasteiger partial charge in [-0.15, -0.1) is 0 Å². The van der Waals surface area contributed by atoms with Crippen molar-refractivity contribution in [3.05, 3.63) is 45.5 Å². The molecular formula is C11H7BrClF2N3. The van der Waals surface area contributed by atoms with Crippen molar-refractivity contribution < 1.29 is 8.78 Å². The molecular weight excluding hydrogens is 327 g/mol. The fraction of sp³-hybridized carbons (Fsp3) is 0. The lowest BCUT2D eigenvalue weighted by atomic mass is 10.3. The Labute approximate surface area is 115 Å². The van der Waals surface area contributed by atoms with Crippen molar-refractivity contribution in [3.63, 3.8) is 0 Å². The van der Waals surface area contributed by atoms with Gasteiger partial charge in [-0.1, -0.05) is 11.6 Å². The minimum Gasteiger partial charge on any atom is -0.396 e. The summed E-state index contributed by atoms with van der Waals surface area (Å²) >= 11 is 8.67. The lowest BCUT2D eigenvalue weighted by Gasteiger charge is -2.10. The van der Waals surface area contributed by atoms with E-state index in [0.29, 0.717) is 5.02 Å². The average molecular weight is 335 g/mol. The van der Waals surface area contributed by atoms with Crippen LogP contribution in [0.1, 0.15) is 0 Å². The summed E-state index contributed by atoms with van der Waals surface area (Å²) < 4.78 is 26.7. The number of nitrogen functional groups attached to an aromatic ring is 1. The lowest BCUT2D eigenvalue weighted by molar-refractivity contribution is 0.581. The van der Waals surface area contributed by atoms with Gasteiger partial charge in [-0.05, 0) is 28.1 Å². The molecule has 2 aromatic rings. The van der Waals surface area contributed by atoms with Gasteiger partial charge in [-0.2, -0.15) is 0 Å². The van der Waals surface area contributed by atoms with Gasteiger partial charge in [0.05, 0.1) is 20.9 Å². The summed E-state index contributed by atoms with van der Waals surface area (Å²) in [4.78, 5) is 3.92. The van der Waals surface area contributed by atoms with Crippen LogP contribution in [0.2, 0.25) is 5.02 Å². The van der Waals surface area contributed by atoms with E-state index in [0.717, 1.165) is 6.07 Å². The molecule has 1 heterocycles. The molecule has 0 bridgehead atoms. The largest absolute Gasteiger partial charge is 0.396 e. The van der Waals surface area contributed by atoms with E-state index in [9.17, 15) is 8.78 Å². The molecule has 0 aliphatic rings. The van der Waals surface area contributed by atoms with Crippen LogP contribution in [0.3, 0.4) is 0 Å². The molecule has 0 amide bonds. The number of pyridine rings is 1. The highest BCUT2D eigenvalue weighted by Gasteiger charge is 2.10. The zero-order valence-corrected chi connectivity index (χ0v) is 11.2. The highest BCUT2D eigenvalue weighted by atomic mass is 79.9. The van der Waals surface area contributed by atoms with E-state index in [-0.39, 0.29) is 21.7 Å². The molecule has 94 valence electrons. The summed E-state index contributed by atoms with van der Waals surface area (Å²) in [5.74, 6) is -1.18. The van der Waals surface area contributed by atoms with Crippen molar-refractivity contribution in [2.24, 2.45) is 0 Å². The van der Waals surface area contributed by atoms with Gasteiger partial charge in [0.2, 0.25) is 0 Å². The van der Waals surface area contributed by atoms with Gasteiger partial charge in [-0.3, -0.25) is 0 Å². The Hall–Kier alpha value is -1.40. The van der Waals surface area contributed by atoms with Crippen molar-refractivity contribution in [2.45, 2.75) is 0 Å². The normalized spacial score (nSPS) is 10.4. The van der Waals surface area contributed by atoms with E-state index in [4.69, 9.17) is 17.3 Å². The van der Waals surface area contributed by atoms with E-state index in [1.807, 2.05) is 0 Å². The van der Waals surface area contributed by atoms with E-state index in [1.54, 1.807) is 0 Å². The average Bonchev–Trinajstić information content (AvgIpc) is 2.29. The third kappa shape index (κ3) is 2.70. The molecule has 3 nitrogen and oxygen atoms in total. The molecule has 18 heavy (non-hydrogen) atoms. The van der Waals surface area contributed by atoms with Crippen LogP contribution in [-0.4, -0.2) is 4.98 Å². The van der Waals surface area contributed by atoms with Crippen LogP contribution in [0.4, 0.5) is 26.0 Å². The molecule has 2 rings (SSSR count). The van der Waals surface area contributed by atoms with Crippen LogP contribution in [0.5, 0.6) is 0 Å². The van der Waals surface area contributed by atoms with Gasteiger partial charge in [0.1, 0.15) is 11.6 Å². The smallest absolute Gasteiger partial charge is 0.153 e. The molecule has 0 spiro atoms. The summed E-state index contributed by atoms with van der Waals surface area (Å²) in [6, 6.07) is 3.51. The van der Waals surface area contributed by atoms with E-state index >= 15 is 0 Å². The first-order valence-electron chi connectivity index (χ1n) is 4.80. The third-order valence-electron chi connectivity index (χ3n) is 2.15. The molecule has 0 aliphatic carbocycles. The molecule has 0 saturated carbocycles. The maximum atomic E-state index is 13.5. The van der Waals surface area contributed by atoms with E-state index < -0.39 is 11.6 Å².